The van der Waals surface area contributed by atoms with E-state index in [0.29, 0.717) is 11.9 Å². The van der Waals surface area contributed by atoms with Gasteiger partial charge in [-0.2, -0.15) is 4.98 Å². The summed E-state index contributed by atoms with van der Waals surface area (Å²) in [4.78, 5) is 6.92. The number of aryl methyl sites for hydroxylation is 1. The maximum Gasteiger partial charge on any atom is 0.259 e. The van der Waals surface area contributed by atoms with Crippen LogP contribution in [0.15, 0.2) is 10.6 Å². The number of nitrogens with one attached hydrogen (secondary N) is 1. The Balaban J connectivity index is 0.00000192. The Hall–Kier alpha value is -1.37. The fourth-order valence-corrected chi connectivity index (χ4v) is 3.36. The van der Waals surface area contributed by atoms with Crippen LogP contribution in [0.1, 0.15) is 43.1 Å². The summed E-state index contributed by atoms with van der Waals surface area (Å²) < 4.78 is 7.85. The van der Waals surface area contributed by atoms with E-state index in [9.17, 15) is 0 Å². The molecule has 3 rings (SSSR count). The topological polar surface area (TPSA) is 59.1 Å². The summed E-state index contributed by atoms with van der Waals surface area (Å²) in [5, 5.41) is 7.60. The maximum absolute atomic E-state index is 5.55. The van der Waals surface area contributed by atoms with Crippen molar-refractivity contribution in [1.82, 2.24) is 24.9 Å². The number of piperazine rings is 1. The van der Waals surface area contributed by atoms with Gasteiger partial charge in [-0.1, -0.05) is 5.16 Å². The molecule has 1 atom stereocenters. The molecule has 3 heterocycles. The molecular weight excluding hydrogens is 314 g/mol. The summed E-state index contributed by atoms with van der Waals surface area (Å²) >= 11 is 0. The Kier molecular flexibility index (Phi) is 5.49. The van der Waals surface area contributed by atoms with Crippen LogP contribution >= 0.6 is 12.4 Å². The van der Waals surface area contributed by atoms with Crippen LogP contribution in [0, 0.1) is 13.8 Å². The first-order chi connectivity index (χ1) is 10.5. The zero-order valence-corrected chi connectivity index (χ0v) is 15.3. The molecule has 0 radical (unpaired) electrons. The molecule has 23 heavy (non-hydrogen) atoms. The predicted molar refractivity (Wildman–Crippen MR) is 93.1 cm³/mol. The number of halogens is 1. The minimum absolute atomic E-state index is 0. The van der Waals surface area contributed by atoms with Gasteiger partial charge in [0, 0.05) is 37.1 Å². The lowest BCUT2D eigenvalue weighted by molar-refractivity contribution is 0.190. The summed E-state index contributed by atoms with van der Waals surface area (Å²) in [7, 11) is 2.10. The molecule has 1 fully saturated rings. The molecule has 1 saturated heterocycles. The smallest absolute Gasteiger partial charge is 0.259 e. The average Bonchev–Trinajstić information content (AvgIpc) is 3.04. The summed E-state index contributed by atoms with van der Waals surface area (Å²) in [5.74, 6) is 1.38. The summed E-state index contributed by atoms with van der Waals surface area (Å²) in [6.45, 7) is 11.5. The number of likely N-dealkylation sites (N-methyl/N-ethyl adjacent to an activating group) is 1. The predicted octanol–water partition coefficient (Wildman–Crippen LogP) is 2.73. The van der Waals surface area contributed by atoms with Crippen molar-refractivity contribution >= 4 is 12.4 Å². The van der Waals surface area contributed by atoms with Crippen LogP contribution in [0.5, 0.6) is 0 Å². The molecule has 2 aromatic heterocycles. The number of hydrogen-bond donors (Lipinski definition) is 1. The summed E-state index contributed by atoms with van der Waals surface area (Å²) in [6, 6.07) is 2.74. The summed E-state index contributed by atoms with van der Waals surface area (Å²) in [6.07, 6.45) is 0. The second kappa shape index (κ2) is 7.03. The lowest BCUT2D eigenvalue weighted by Crippen LogP contribution is -2.44. The van der Waals surface area contributed by atoms with E-state index in [1.807, 2.05) is 0 Å². The minimum Gasteiger partial charge on any atom is -0.346 e. The Labute approximate surface area is 143 Å². The van der Waals surface area contributed by atoms with Crippen molar-refractivity contribution in [3.63, 3.8) is 0 Å². The van der Waals surface area contributed by atoms with Crippen molar-refractivity contribution in [3.05, 3.63) is 23.3 Å². The lowest BCUT2D eigenvalue weighted by Gasteiger charge is -2.30. The van der Waals surface area contributed by atoms with Crippen LogP contribution < -0.4 is 5.32 Å². The second-order valence-corrected chi connectivity index (χ2v) is 6.41. The van der Waals surface area contributed by atoms with Crippen LogP contribution in [0.2, 0.25) is 0 Å². The molecule has 0 saturated carbocycles. The fourth-order valence-electron chi connectivity index (χ4n) is 3.36. The first kappa shape index (κ1) is 18.0. The first-order valence-corrected chi connectivity index (χ1v) is 7.92. The SMILES string of the molecule is Cc1cc(-c2nc(C3CNCCN3C)no2)c(C)n1C(C)C.Cl. The third kappa shape index (κ3) is 3.29. The lowest BCUT2D eigenvalue weighted by atomic mass is 10.2. The van der Waals surface area contributed by atoms with Crippen molar-refractivity contribution in [3.8, 4) is 11.5 Å². The molecule has 2 aromatic rings. The zero-order valence-electron chi connectivity index (χ0n) is 14.5. The van der Waals surface area contributed by atoms with E-state index in [1.54, 1.807) is 0 Å². The highest BCUT2D eigenvalue weighted by Crippen LogP contribution is 2.29. The van der Waals surface area contributed by atoms with Crippen molar-refractivity contribution in [2.75, 3.05) is 26.7 Å². The van der Waals surface area contributed by atoms with Gasteiger partial charge >= 0.3 is 0 Å². The molecule has 1 unspecified atom stereocenters. The van der Waals surface area contributed by atoms with Crippen molar-refractivity contribution in [2.45, 2.75) is 39.8 Å². The van der Waals surface area contributed by atoms with Gasteiger partial charge in [-0.15, -0.1) is 12.4 Å². The van der Waals surface area contributed by atoms with Gasteiger partial charge in [0.15, 0.2) is 5.82 Å². The van der Waals surface area contributed by atoms with Crippen LogP contribution in [0.4, 0.5) is 0 Å². The quantitative estimate of drug-likeness (QED) is 0.931. The standard InChI is InChI=1S/C16H25N5O.ClH/c1-10(2)21-11(3)8-13(12(21)4)16-18-15(19-22-16)14-9-17-6-7-20(14)5;/h8,10,14,17H,6-7,9H2,1-5H3;1H. The van der Waals surface area contributed by atoms with E-state index in [1.165, 1.54) is 11.4 Å². The van der Waals surface area contributed by atoms with Gasteiger partial charge in [-0.25, -0.2) is 0 Å². The van der Waals surface area contributed by atoms with Crippen molar-refractivity contribution < 1.29 is 4.52 Å². The largest absolute Gasteiger partial charge is 0.346 e. The van der Waals surface area contributed by atoms with Crippen LogP contribution in [-0.2, 0) is 0 Å². The highest BCUT2D eigenvalue weighted by molar-refractivity contribution is 5.85. The Bertz CT molecular complexity index is 663. The van der Waals surface area contributed by atoms with E-state index in [-0.39, 0.29) is 18.4 Å². The van der Waals surface area contributed by atoms with Gasteiger partial charge in [0.05, 0.1) is 11.6 Å². The Morgan fingerprint density at radius 3 is 2.70 bits per heavy atom. The highest BCUT2D eigenvalue weighted by atomic mass is 35.5. The van der Waals surface area contributed by atoms with E-state index >= 15 is 0 Å². The Morgan fingerprint density at radius 1 is 1.35 bits per heavy atom. The molecule has 0 aromatic carbocycles. The van der Waals surface area contributed by atoms with E-state index < -0.39 is 0 Å². The van der Waals surface area contributed by atoms with E-state index in [0.717, 1.165) is 31.0 Å². The van der Waals surface area contributed by atoms with Gasteiger partial charge in [-0.05, 0) is 40.8 Å². The Morgan fingerprint density at radius 2 is 2.09 bits per heavy atom. The monoisotopic (exact) mass is 339 g/mol. The highest BCUT2D eigenvalue weighted by Gasteiger charge is 2.26. The van der Waals surface area contributed by atoms with Crippen molar-refractivity contribution in [1.29, 1.82) is 0 Å². The molecule has 7 heteroatoms. The molecule has 1 aliphatic rings. The molecule has 0 aliphatic carbocycles. The summed E-state index contributed by atoms with van der Waals surface area (Å²) in [5.41, 5.74) is 3.44. The van der Waals surface area contributed by atoms with Crippen LogP contribution in [0.3, 0.4) is 0 Å². The third-order valence-electron chi connectivity index (χ3n) is 4.48. The number of hydrogen-bond acceptors (Lipinski definition) is 5. The molecule has 0 spiro atoms. The molecule has 1 N–H and O–H groups in total. The van der Waals surface area contributed by atoms with Gasteiger partial charge in [-0.3, -0.25) is 4.90 Å². The van der Waals surface area contributed by atoms with Gasteiger partial charge in [0.1, 0.15) is 0 Å². The normalized spacial score (nSPS) is 19.1. The van der Waals surface area contributed by atoms with Crippen molar-refractivity contribution in [2.24, 2.45) is 0 Å². The molecule has 6 nitrogen and oxygen atoms in total. The number of rotatable bonds is 3. The number of aromatic nitrogens is 3. The first-order valence-electron chi connectivity index (χ1n) is 7.92. The molecule has 128 valence electrons. The van der Waals surface area contributed by atoms with Gasteiger partial charge in [0.2, 0.25) is 0 Å². The zero-order chi connectivity index (χ0) is 15.9. The third-order valence-corrected chi connectivity index (χ3v) is 4.48. The molecule has 1 aliphatic heterocycles. The van der Waals surface area contributed by atoms with Gasteiger partial charge in [0.25, 0.3) is 5.89 Å². The molecule has 0 bridgehead atoms. The van der Waals surface area contributed by atoms with E-state index in [2.05, 4.69) is 65.7 Å². The minimum atomic E-state index is 0. The van der Waals surface area contributed by atoms with E-state index in [4.69, 9.17) is 4.52 Å². The maximum atomic E-state index is 5.55. The number of nitrogens with zero attached hydrogens (tertiary/aromatic N) is 4. The fraction of sp³-hybridized carbons (Fsp3) is 0.625. The molecule has 0 amide bonds. The second-order valence-electron chi connectivity index (χ2n) is 6.41. The molecular formula is C16H26ClN5O. The van der Waals surface area contributed by atoms with Gasteiger partial charge < -0.3 is 14.4 Å². The van der Waals surface area contributed by atoms with Crippen LogP contribution in [-0.4, -0.2) is 46.3 Å². The van der Waals surface area contributed by atoms with Crippen LogP contribution in [0.25, 0.3) is 11.5 Å². The average molecular weight is 340 g/mol.